The summed E-state index contributed by atoms with van der Waals surface area (Å²) in [6, 6.07) is 0. The minimum Gasteiger partial charge on any atom is -0.393 e. The topological polar surface area (TPSA) is 46.3 Å². The van der Waals surface area contributed by atoms with Gasteiger partial charge in [-0.05, 0) is 24.7 Å². The summed E-state index contributed by atoms with van der Waals surface area (Å²) in [4.78, 5) is 14.6. The minimum atomic E-state index is -0.289. The minimum absolute atomic E-state index is 0.127. The Bertz CT molecular complexity index is 283. The lowest BCUT2D eigenvalue weighted by Gasteiger charge is -2.34. The van der Waals surface area contributed by atoms with Crippen molar-refractivity contribution in [3.63, 3.8) is 0 Å². The maximum Gasteiger partial charge on any atom is 0.232 e. The Morgan fingerprint density at radius 1 is 1.41 bits per heavy atom. The fourth-order valence-electron chi connectivity index (χ4n) is 2.49. The van der Waals surface area contributed by atoms with Crippen LogP contribution in [0, 0.1) is 17.8 Å². The molecule has 0 radical (unpaired) electrons. The molecule has 1 saturated heterocycles. The van der Waals surface area contributed by atoms with E-state index in [1.807, 2.05) is 18.7 Å². The van der Waals surface area contributed by atoms with Crippen LogP contribution in [0.25, 0.3) is 0 Å². The highest BCUT2D eigenvalue weighted by Crippen LogP contribution is 2.23. The van der Waals surface area contributed by atoms with E-state index in [1.165, 1.54) is 6.42 Å². The number of carbonyl (C=O) groups excluding carboxylic acids is 1. The van der Waals surface area contributed by atoms with Gasteiger partial charge >= 0.3 is 0 Å². The molecular weight excluding hydrogens is 232 g/mol. The zero-order valence-electron chi connectivity index (χ0n) is 11.1. The van der Waals surface area contributed by atoms with Gasteiger partial charge in [0.2, 0.25) is 5.91 Å². The second-order valence-electron chi connectivity index (χ2n) is 5.30. The quantitative estimate of drug-likeness (QED) is 0.784. The molecule has 0 spiro atoms. The largest absolute Gasteiger partial charge is 0.393 e. The zero-order valence-corrected chi connectivity index (χ0v) is 11.9. The summed E-state index contributed by atoms with van der Waals surface area (Å²) in [7, 11) is 0. The number of rotatable bonds is 4. The number of hydrogen-bond acceptors (Lipinski definition) is 2. The van der Waals surface area contributed by atoms with Gasteiger partial charge in [-0.1, -0.05) is 39.4 Å². The van der Waals surface area contributed by atoms with Crippen LogP contribution in [0.4, 0.5) is 0 Å². The van der Waals surface area contributed by atoms with Crippen LogP contribution >= 0.6 is 12.2 Å². The molecule has 1 aliphatic heterocycles. The molecule has 0 aromatic carbocycles. The molecule has 1 atom stereocenters. The summed E-state index contributed by atoms with van der Waals surface area (Å²) in [5.41, 5.74) is 5.68. The van der Waals surface area contributed by atoms with Crippen LogP contribution in [0.1, 0.15) is 40.0 Å². The maximum atomic E-state index is 12.3. The first-order chi connectivity index (χ1) is 7.97. The van der Waals surface area contributed by atoms with E-state index in [-0.39, 0.29) is 17.7 Å². The van der Waals surface area contributed by atoms with Crippen LogP contribution in [0.3, 0.4) is 0 Å². The highest BCUT2D eigenvalue weighted by Gasteiger charge is 2.31. The van der Waals surface area contributed by atoms with E-state index in [4.69, 9.17) is 18.0 Å². The summed E-state index contributed by atoms with van der Waals surface area (Å²) < 4.78 is 0. The van der Waals surface area contributed by atoms with Gasteiger partial charge in [-0.2, -0.15) is 0 Å². The van der Waals surface area contributed by atoms with Crippen molar-refractivity contribution in [2.75, 3.05) is 13.1 Å². The Hall–Kier alpha value is -0.640. The van der Waals surface area contributed by atoms with Crippen LogP contribution in [0.5, 0.6) is 0 Å². The highest BCUT2D eigenvalue weighted by atomic mass is 32.1. The van der Waals surface area contributed by atoms with Crippen LogP contribution in [-0.2, 0) is 4.79 Å². The van der Waals surface area contributed by atoms with Crippen molar-refractivity contribution in [3.8, 4) is 0 Å². The Morgan fingerprint density at radius 3 is 2.29 bits per heavy atom. The molecule has 2 N–H and O–H groups in total. The molecule has 3 nitrogen and oxygen atoms in total. The van der Waals surface area contributed by atoms with Crippen molar-refractivity contribution in [2.45, 2.75) is 40.0 Å². The summed E-state index contributed by atoms with van der Waals surface area (Å²) in [5, 5.41) is 0. The third-order valence-electron chi connectivity index (χ3n) is 3.74. The van der Waals surface area contributed by atoms with E-state index >= 15 is 0 Å². The Kier molecular flexibility index (Phi) is 5.37. The number of nitrogens with zero attached hydrogens (tertiary/aromatic N) is 1. The molecule has 17 heavy (non-hydrogen) atoms. The van der Waals surface area contributed by atoms with Crippen molar-refractivity contribution in [2.24, 2.45) is 23.5 Å². The Morgan fingerprint density at radius 2 is 1.94 bits per heavy atom. The molecule has 0 aromatic rings. The van der Waals surface area contributed by atoms with Gasteiger partial charge in [0.15, 0.2) is 0 Å². The van der Waals surface area contributed by atoms with Crippen molar-refractivity contribution < 1.29 is 4.79 Å². The van der Waals surface area contributed by atoms with Gasteiger partial charge in [-0.25, -0.2) is 0 Å². The number of hydrogen-bond donors (Lipinski definition) is 1. The van der Waals surface area contributed by atoms with E-state index in [9.17, 15) is 4.79 Å². The van der Waals surface area contributed by atoms with E-state index in [0.29, 0.717) is 4.99 Å². The number of thiocarbonyl (C=S) groups is 1. The molecular formula is C13H24N2OS. The molecule has 1 aliphatic rings. The van der Waals surface area contributed by atoms with Crippen molar-refractivity contribution in [1.29, 1.82) is 0 Å². The zero-order chi connectivity index (χ0) is 13.0. The molecule has 98 valence electrons. The standard InChI is InChI=1S/C13H24N2OS/c1-4-10-5-7-15(8-6-10)13(16)11(9(2)3)12(14)17/h9-11H,4-8H2,1-3H3,(H2,14,17). The first-order valence-corrected chi connectivity index (χ1v) is 6.96. The third kappa shape index (κ3) is 3.66. The first-order valence-electron chi connectivity index (χ1n) is 6.55. The smallest absolute Gasteiger partial charge is 0.232 e. The number of amides is 1. The number of piperidine rings is 1. The molecule has 0 bridgehead atoms. The fourth-order valence-corrected chi connectivity index (χ4v) is 2.87. The number of carbonyl (C=O) groups is 1. The molecule has 0 aliphatic carbocycles. The van der Waals surface area contributed by atoms with Crippen LogP contribution in [0.2, 0.25) is 0 Å². The average molecular weight is 256 g/mol. The maximum absolute atomic E-state index is 12.3. The lowest BCUT2D eigenvalue weighted by Crippen LogP contribution is -2.46. The van der Waals surface area contributed by atoms with Crippen LogP contribution < -0.4 is 5.73 Å². The van der Waals surface area contributed by atoms with Crippen LogP contribution in [0.15, 0.2) is 0 Å². The van der Waals surface area contributed by atoms with Gasteiger partial charge in [0, 0.05) is 13.1 Å². The average Bonchev–Trinajstić information content (AvgIpc) is 2.28. The molecule has 0 aromatic heterocycles. The summed E-state index contributed by atoms with van der Waals surface area (Å²) >= 11 is 5.02. The predicted octanol–water partition coefficient (Wildman–Crippen LogP) is 2.19. The molecule has 1 fully saturated rings. The summed E-state index contributed by atoms with van der Waals surface area (Å²) in [5.74, 6) is 0.801. The third-order valence-corrected chi connectivity index (χ3v) is 4.00. The Balaban J connectivity index is 2.61. The van der Waals surface area contributed by atoms with Gasteiger partial charge < -0.3 is 10.6 Å². The number of likely N-dealkylation sites (tertiary alicyclic amines) is 1. The van der Waals surface area contributed by atoms with Gasteiger partial charge in [0.25, 0.3) is 0 Å². The second-order valence-corrected chi connectivity index (χ2v) is 5.77. The normalized spacial score (nSPS) is 19.4. The monoisotopic (exact) mass is 256 g/mol. The van der Waals surface area contributed by atoms with E-state index in [1.54, 1.807) is 0 Å². The lowest BCUT2D eigenvalue weighted by molar-refractivity contribution is -0.135. The summed E-state index contributed by atoms with van der Waals surface area (Å²) in [6.07, 6.45) is 3.44. The van der Waals surface area contributed by atoms with E-state index in [0.717, 1.165) is 31.8 Å². The number of nitrogens with two attached hydrogens (primary N) is 1. The van der Waals surface area contributed by atoms with E-state index in [2.05, 4.69) is 6.92 Å². The second kappa shape index (κ2) is 6.34. The molecule has 0 saturated carbocycles. The van der Waals surface area contributed by atoms with Crippen molar-refractivity contribution in [3.05, 3.63) is 0 Å². The predicted molar refractivity (Wildman–Crippen MR) is 74.7 cm³/mol. The molecule has 1 unspecified atom stereocenters. The fraction of sp³-hybridized carbons (Fsp3) is 0.846. The highest BCUT2D eigenvalue weighted by molar-refractivity contribution is 7.80. The van der Waals surface area contributed by atoms with Gasteiger partial charge in [-0.3, -0.25) is 4.79 Å². The Labute approximate surface area is 110 Å². The van der Waals surface area contributed by atoms with Gasteiger partial charge in [0.1, 0.15) is 0 Å². The molecule has 4 heteroatoms. The van der Waals surface area contributed by atoms with Crippen LogP contribution in [-0.4, -0.2) is 28.9 Å². The van der Waals surface area contributed by atoms with E-state index < -0.39 is 0 Å². The van der Waals surface area contributed by atoms with Crippen molar-refractivity contribution >= 4 is 23.1 Å². The molecule has 1 amide bonds. The lowest BCUT2D eigenvalue weighted by atomic mass is 9.90. The summed E-state index contributed by atoms with van der Waals surface area (Å²) in [6.45, 7) is 7.95. The molecule has 1 rings (SSSR count). The SMILES string of the molecule is CCC1CCN(C(=O)C(C(N)=S)C(C)C)CC1. The van der Waals surface area contributed by atoms with Gasteiger partial charge in [0.05, 0.1) is 10.9 Å². The van der Waals surface area contributed by atoms with Gasteiger partial charge in [-0.15, -0.1) is 0 Å². The molecule has 1 heterocycles. The first kappa shape index (κ1) is 14.4. The van der Waals surface area contributed by atoms with Crippen molar-refractivity contribution in [1.82, 2.24) is 4.90 Å².